The van der Waals surface area contributed by atoms with Crippen molar-refractivity contribution in [3.63, 3.8) is 0 Å². The first-order chi connectivity index (χ1) is 9.58. The van der Waals surface area contributed by atoms with Crippen LogP contribution in [-0.2, 0) is 11.3 Å². The minimum Gasteiger partial charge on any atom is -0.465 e. The van der Waals surface area contributed by atoms with Crippen LogP contribution in [-0.4, -0.2) is 55.0 Å². The molecule has 20 heavy (non-hydrogen) atoms. The van der Waals surface area contributed by atoms with Gasteiger partial charge < -0.3 is 9.73 Å². The van der Waals surface area contributed by atoms with Crippen LogP contribution >= 0.6 is 0 Å². The van der Waals surface area contributed by atoms with Gasteiger partial charge in [0.25, 0.3) is 0 Å². The first-order valence-corrected chi connectivity index (χ1v) is 7.29. The monoisotopic (exact) mass is 277 g/mol. The Balaban J connectivity index is 1.61. The van der Waals surface area contributed by atoms with Crippen LogP contribution in [0.25, 0.3) is 0 Å². The van der Waals surface area contributed by atoms with Gasteiger partial charge in [0.2, 0.25) is 5.91 Å². The molecule has 0 aromatic carbocycles. The van der Waals surface area contributed by atoms with Crippen molar-refractivity contribution in [1.29, 1.82) is 0 Å². The predicted octanol–water partition coefficient (Wildman–Crippen LogP) is 0.839. The first kappa shape index (κ1) is 13.6. The minimum absolute atomic E-state index is 0.0445. The van der Waals surface area contributed by atoms with Crippen molar-refractivity contribution in [2.45, 2.75) is 32.0 Å². The lowest BCUT2D eigenvalue weighted by molar-refractivity contribution is -0.125. The summed E-state index contributed by atoms with van der Waals surface area (Å²) in [7, 11) is 3.79. The zero-order valence-electron chi connectivity index (χ0n) is 12.4. The third-order valence-corrected chi connectivity index (χ3v) is 4.75. The number of likely N-dealkylation sites (tertiary alicyclic amines) is 2. The fourth-order valence-electron chi connectivity index (χ4n) is 3.70. The third kappa shape index (κ3) is 2.36. The van der Waals surface area contributed by atoms with Crippen molar-refractivity contribution in [2.75, 3.05) is 27.2 Å². The lowest BCUT2D eigenvalue weighted by Crippen LogP contribution is -2.44. The van der Waals surface area contributed by atoms with Gasteiger partial charge in [-0.3, -0.25) is 14.6 Å². The van der Waals surface area contributed by atoms with Crippen molar-refractivity contribution >= 4 is 5.91 Å². The Kier molecular flexibility index (Phi) is 3.56. The highest BCUT2D eigenvalue weighted by Gasteiger charge is 2.46. The predicted molar refractivity (Wildman–Crippen MR) is 76.2 cm³/mol. The van der Waals surface area contributed by atoms with Gasteiger partial charge in [0.05, 0.1) is 12.6 Å². The van der Waals surface area contributed by atoms with Crippen LogP contribution in [0.4, 0.5) is 0 Å². The molecule has 0 bridgehead atoms. The smallest absolute Gasteiger partial charge is 0.237 e. The fourth-order valence-corrected chi connectivity index (χ4v) is 3.70. The van der Waals surface area contributed by atoms with Crippen molar-refractivity contribution < 1.29 is 9.21 Å². The molecule has 1 aromatic rings. The van der Waals surface area contributed by atoms with Crippen LogP contribution in [0.2, 0.25) is 0 Å². The lowest BCUT2D eigenvalue weighted by Gasteiger charge is -2.25. The first-order valence-electron chi connectivity index (χ1n) is 7.29. The highest BCUT2D eigenvalue weighted by molar-refractivity contribution is 5.81. The molecule has 0 spiro atoms. The van der Waals surface area contributed by atoms with Gasteiger partial charge in [0.15, 0.2) is 0 Å². The number of nitrogens with zero attached hydrogens (tertiary/aromatic N) is 2. The number of hydrogen-bond donors (Lipinski definition) is 1. The van der Waals surface area contributed by atoms with Crippen molar-refractivity contribution in [1.82, 2.24) is 15.1 Å². The Morgan fingerprint density at radius 3 is 2.85 bits per heavy atom. The van der Waals surface area contributed by atoms with Gasteiger partial charge in [0.1, 0.15) is 11.5 Å². The molecular formula is C15H23N3O2. The number of carbonyl (C=O) groups excluding carboxylic acids is 1. The van der Waals surface area contributed by atoms with E-state index in [9.17, 15) is 4.79 Å². The zero-order valence-corrected chi connectivity index (χ0v) is 12.4. The Bertz CT molecular complexity index is 499. The second kappa shape index (κ2) is 5.22. The van der Waals surface area contributed by atoms with Gasteiger partial charge in [-0.15, -0.1) is 0 Å². The Labute approximate surface area is 119 Å². The van der Waals surface area contributed by atoms with Gasteiger partial charge in [-0.25, -0.2) is 0 Å². The maximum atomic E-state index is 11.8. The van der Waals surface area contributed by atoms with E-state index in [0.29, 0.717) is 12.0 Å². The number of likely N-dealkylation sites (N-methyl/N-ethyl adjacent to an activating group) is 2. The summed E-state index contributed by atoms with van der Waals surface area (Å²) in [6, 6.07) is 4.61. The second-order valence-electron chi connectivity index (χ2n) is 6.07. The summed E-state index contributed by atoms with van der Waals surface area (Å²) in [6.07, 6.45) is 0.967. The molecule has 5 nitrogen and oxygen atoms in total. The molecule has 110 valence electrons. The van der Waals surface area contributed by atoms with Gasteiger partial charge in [-0.1, -0.05) is 0 Å². The largest absolute Gasteiger partial charge is 0.465 e. The standard InChI is InChI=1S/C15H23N3O2/c1-10-4-5-12(20-10)8-18-7-11-6-13(15(19)16-2)17(3)14(11)9-18/h4-5,11,13-14H,6-9H2,1-3H3,(H,16,19)/t11-,13-,14+/m0/s1. The number of aryl methyl sites for hydroxylation is 1. The van der Waals surface area contributed by atoms with Crippen LogP contribution in [0, 0.1) is 12.8 Å². The maximum Gasteiger partial charge on any atom is 0.237 e. The molecule has 0 unspecified atom stereocenters. The van der Waals surface area contributed by atoms with Gasteiger partial charge in [0, 0.05) is 26.2 Å². The molecule has 3 heterocycles. The number of amides is 1. The van der Waals surface area contributed by atoms with Crippen LogP contribution in [0.15, 0.2) is 16.5 Å². The summed E-state index contributed by atoms with van der Waals surface area (Å²) in [6.45, 7) is 4.93. The number of furan rings is 1. The molecule has 1 amide bonds. The van der Waals surface area contributed by atoms with E-state index >= 15 is 0 Å². The summed E-state index contributed by atoms with van der Waals surface area (Å²) in [5.41, 5.74) is 0. The van der Waals surface area contributed by atoms with E-state index in [1.807, 2.05) is 13.0 Å². The zero-order chi connectivity index (χ0) is 14.3. The van der Waals surface area contributed by atoms with E-state index in [1.54, 1.807) is 7.05 Å². The summed E-state index contributed by atoms with van der Waals surface area (Å²) in [4.78, 5) is 16.5. The van der Waals surface area contributed by atoms with Gasteiger partial charge >= 0.3 is 0 Å². The van der Waals surface area contributed by atoms with E-state index in [1.165, 1.54) is 0 Å². The number of fused-ring (bicyclic) bond motifs is 1. The lowest BCUT2D eigenvalue weighted by atomic mass is 10.0. The van der Waals surface area contributed by atoms with Crippen LogP contribution < -0.4 is 5.32 Å². The summed E-state index contributed by atoms with van der Waals surface area (Å²) < 4.78 is 5.65. The summed E-state index contributed by atoms with van der Waals surface area (Å²) in [5, 5.41) is 2.77. The Morgan fingerprint density at radius 2 is 2.25 bits per heavy atom. The summed E-state index contributed by atoms with van der Waals surface area (Å²) in [5.74, 6) is 2.75. The normalized spacial score (nSPS) is 30.6. The highest BCUT2D eigenvalue weighted by Crippen LogP contribution is 2.35. The molecule has 2 fully saturated rings. The molecule has 3 atom stereocenters. The second-order valence-corrected chi connectivity index (χ2v) is 6.07. The van der Waals surface area contributed by atoms with Crippen molar-refractivity contribution in [3.8, 4) is 0 Å². The molecule has 1 N–H and O–H groups in total. The minimum atomic E-state index is 0.0445. The fraction of sp³-hybridized carbons (Fsp3) is 0.667. The van der Waals surface area contributed by atoms with E-state index in [2.05, 4.69) is 28.2 Å². The maximum absolute atomic E-state index is 11.8. The van der Waals surface area contributed by atoms with Gasteiger partial charge in [-0.2, -0.15) is 0 Å². The SMILES string of the molecule is CNC(=O)[C@@H]1C[C@H]2CN(Cc3ccc(C)o3)C[C@H]2N1C. The van der Waals surface area contributed by atoms with Crippen LogP contribution in [0.5, 0.6) is 0 Å². The van der Waals surface area contributed by atoms with Crippen molar-refractivity contribution in [2.24, 2.45) is 5.92 Å². The summed E-state index contributed by atoms with van der Waals surface area (Å²) >= 11 is 0. The molecule has 3 rings (SSSR count). The van der Waals surface area contributed by atoms with Crippen LogP contribution in [0.1, 0.15) is 17.9 Å². The van der Waals surface area contributed by atoms with E-state index < -0.39 is 0 Å². The molecule has 1 aromatic heterocycles. The molecule has 0 saturated carbocycles. The molecule has 0 radical (unpaired) electrons. The molecule has 2 aliphatic heterocycles. The van der Waals surface area contributed by atoms with E-state index in [4.69, 9.17) is 4.42 Å². The topological polar surface area (TPSA) is 48.7 Å². The van der Waals surface area contributed by atoms with Crippen LogP contribution in [0.3, 0.4) is 0 Å². The number of carbonyl (C=O) groups is 1. The number of hydrogen-bond acceptors (Lipinski definition) is 4. The Morgan fingerprint density at radius 1 is 1.45 bits per heavy atom. The Hall–Kier alpha value is -1.33. The molecular weight excluding hydrogens is 254 g/mol. The number of nitrogens with one attached hydrogen (secondary N) is 1. The highest BCUT2D eigenvalue weighted by atomic mass is 16.3. The molecule has 5 heteroatoms. The molecule has 2 saturated heterocycles. The average Bonchev–Trinajstić information content (AvgIpc) is 3.07. The van der Waals surface area contributed by atoms with Crippen molar-refractivity contribution in [3.05, 3.63) is 23.7 Å². The molecule has 2 aliphatic rings. The van der Waals surface area contributed by atoms with E-state index in [0.717, 1.165) is 37.6 Å². The third-order valence-electron chi connectivity index (χ3n) is 4.75. The quantitative estimate of drug-likeness (QED) is 0.889. The molecule has 0 aliphatic carbocycles. The average molecular weight is 277 g/mol. The number of rotatable bonds is 3. The van der Waals surface area contributed by atoms with E-state index in [-0.39, 0.29) is 11.9 Å². The van der Waals surface area contributed by atoms with Gasteiger partial charge in [-0.05, 0) is 38.4 Å².